The lowest BCUT2D eigenvalue weighted by atomic mass is 10.3. The molecule has 0 aliphatic carbocycles. The number of hydrogen-bond donors (Lipinski definition) is 1. The van der Waals surface area contributed by atoms with Crippen LogP contribution in [0, 0.1) is 0 Å². The number of nitrogens with zero attached hydrogens (tertiary/aromatic N) is 1. The lowest BCUT2D eigenvalue weighted by Gasteiger charge is -2.20. The summed E-state index contributed by atoms with van der Waals surface area (Å²) in [5.74, 6) is -0.129. The third kappa shape index (κ3) is 8.39. The van der Waals surface area contributed by atoms with Crippen molar-refractivity contribution in [3.63, 3.8) is 0 Å². The Morgan fingerprint density at radius 2 is 2.07 bits per heavy atom. The lowest BCUT2D eigenvalue weighted by Crippen LogP contribution is -2.34. The second-order valence-electron chi connectivity index (χ2n) is 4.00. The highest BCUT2D eigenvalue weighted by molar-refractivity contribution is 5.68. The highest BCUT2D eigenvalue weighted by Crippen LogP contribution is 1.92. The Kier molecular flexibility index (Phi) is 8.33. The number of rotatable bonds is 8. The summed E-state index contributed by atoms with van der Waals surface area (Å²) in [6.07, 6.45) is 1.35. The quantitative estimate of drug-likeness (QED) is 0.483. The van der Waals surface area contributed by atoms with Crippen LogP contribution in [0.1, 0.15) is 26.7 Å². The molecule has 0 fully saturated rings. The molecule has 0 aliphatic rings. The van der Waals surface area contributed by atoms with E-state index in [0.29, 0.717) is 12.5 Å². The number of likely N-dealkylation sites (N-methyl/N-ethyl adjacent to an activating group) is 1. The van der Waals surface area contributed by atoms with Crippen LogP contribution in [0.25, 0.3) is 0 Å². The molecule has 0 bridgehead atoms. The monoisotopic (exact) mass is 216 g/mol. The average molecular weight is 216 g/mol. The smallest absolute Gasteiger partial charge is 0.305 e. The number of carbonyl (C=O) groups excluding carboxylic acids is 1. The van der Waals surface area contributed by atoms with Crippen LogP contribution >= 0.6 is 0 Å². The van der Waals surface area contributed by atoms with Crippen LogP contribution in [0.4, 0.5) is 0 Å². The molecule has 0 aromatic heterocycles. The van der Waals surface area contributed by atoms with Crippen molar-refractivity contribution >= 4 is 5.97 Å². The zero-order chi connectivity index (χ0) is 11.7. The van der Waals surface area contributed by atoms with Gasteiger partial charge >= 0.3 is 5.97 Å². The van der Waals surface area contributed by atoms with Crippen LogP contribution in [-0.2, 0) is 9.53 Å². The van der Waals surface area contributed by atoms with Gasteiger partial charge in [-0.2, -0.15) is 0 Å². The fraction of sp³-hybridized carbons (Fsp3) is 0.909. The molecule has 0 spiro atoms. The van der Waals surface area contributed by atoms with Crippen LogP contribution in [0.3, 0.4) is 0 Å². The first-order valence-corrected chi connectivity index (χ1v) is 5.55. The molecule has 0 amide bonds. The Morgan fingerprint density at radius 3 is 2.60 bits per heavy atom. The minimum absolute atomic E-state index is 0.129. The maximum Gasteiger partial charge on any atom is 0.305 e. The molecule has 0 unspecified atom stereocenters. The van der Waals surface area contributed by atoms with Crippen molar-refractivity contribution < 1.29 is 9.53 Å². The highest BCUT2D eigenvalue weighted by Gasteiger charge is 2.02. The van der Waals surface area contributed by atoms with Gasteiger partial charge in [0.25, 0.3) is 0 Å². The van der Waals surface area contributed by atoms with Crippen LogP contribution < -0.4 is 5.32 Å². The van der Waals surface area contributed by atoms with E-state index in [1.54, 1.807) is 0 Å². The molecule has 0 aromatic rings. The maximum absolute atomic E-state index is 10.8. The van der Waals surface area contributed by atoms with Crippen molar-refractivity contribution in [2.24, 2.45) is 0 Å². The fourth-order valence-electron chi connectivity index (χ4n) is 1.10. The summed E-state index contributed by atoms with van der Waals surface area (Å²) in [6.45, 7) is 7.24. The second-order valence-corrected chi connectivity index (χ2v) is 4.00. The van der Waals surface area contributed by atoms with Crippen molar-refractivity contribution in [1.82, 2.24) is 10.2 Å². The van der Waals surface area contributed by atoms with Gasteiger partial charge in [-0.05, 0) is 33.9 Å². The summed E-state index contributed by atoms with van der Waals surface area (Å²) in [7, 11) is 3.54. The number of nitrogens with one attached hydrogen (secondary N) is 1. The Labute approximate surface area is 93.0 Å². The number of carbonyl (C=O) groups is 1. The van der Waals surface area contributed by atoms with E-state index in [1.807, 2.05) is 0 Å². The first kappa shape index (κ1) is 14.4. The minimum Gasteiger partial charge on any atom is -0.469 e. The predicted molar refractivity (Wildman–Crippen MR) is 61.9 cm³/mol. The van der Waals surface area contributed by atoms with Crippen LogP contribution in [-0.4, -0.2) is 50.7 Å². The molecule has 0 atom stereocenters. The third-order valence-corrected chi connectivity index (χ3v) is 2.48. The van der Waals surface area contributed by atoms with E-state index in [1.165, 1.54) is 7.11 Å². The molecule has 1 N–H and O–H groups in total. The normalized spacial score (nSPS) is 11.1. The molecule has 0 aliphatic heterocycles. The zero-order valence-electron chi connectivity index (χ0n) is 10.4. The van der Waals surface area contributed by atoms with Gasteiger partial charge in [-0.25, -0.2) is 0 Å². The summed E-state index contributed by atoms with van der Waals surface area (Å²) in [5, 5.41) is 3.30. The van der Waals surface area contributed by atoms with Gasteiger partial charge in [0.1, 0.15) is 0 Å². The third-order valence-electron chi connectivity index (χ3n) is 2.48. The van der Waals surface area contributed by atoms with Gasteiger partial charge in [-0.15, -0.1) is 0 Å². The molecule has 0 rings (SSSR count). The molecule has 15 heavy (non-hydrogen) atoms. The van der Waals surface area contributed by atoms with Gasteiger partial charge in [0, 0.05) is 25.6 Å². The SMILES string of the molecule is COC(=O)CCCNCCN(C)C(C)C. The molecule has 0 heterocycles. The minimum atomic E-state index is -0.129. The predicted octanol–water partition coefficient (Wildman–Crippen LogP) is 0.869. The molecule has 4 nitrogen and oxygen atoms in total. The number of ether oxygens (including phenoxy) is 1. The Bertz CT molecular complexity index is 172. The van der Waals surface area contributed by atoms with Crippen LogP contribution in [0.5, 0.6) is 0 Å². The Morgan fingerprint density at radius 1 is 1.40 bits per heavy atom. The fourth-order valence-corrected chi connectivity index (χ4v) is 1.10. The molecule has 0 saturated carbocycles. The first-order valence-electron chi connectivity index (χ1n) is 5.55. The number of hydrogen-bond acceptors (Lipinski definition) is 4. The van der Waals surface area contributed by atoms with E-state index >= 15 is 0 Å². The molecule has 90 valence electrons. The molecule has 4 heteroatoms. The summed E-state index contributed by atoms with van der Waals surface area (Å²) in [5.41, 5.74) is 0. The second kappa shape index (κ2) is 8.68. The van der Waals surface area contributed by atoms with Gasteiger partial charge in [0.05, 0.1) is 7.11 Å². The molecular formula is C11H24N2O2. The Hall–Kier alpha value is -0.610. The van der Waals surface area contributed by atoms with Crippen LogP contribution in [0.15, 0.2) is 0 Å². The molecular weight excluding hydrogens is 192 g/mol. The van der Waals surface area contributed by atoms with Crippen molar-refractivity contribution in [3.05, 3.63) is 0 Å². The van der Waals surface area contributed by atoms with Gasteiger partial charge in [-0.3, -0.25) is 4.79 Å². The van der Waals surface area contributed by atoms with Gasteiger partial charge in [0.15, 0.2) is 0 Å². The van der Waals surface area contributed by atoms with E-state index in [0.717, 1.165) is 26.1 Å². The van der Waals surface area contributed by atoms with Crippen molar-refractivity contribution in [3.8, 4) is 0 Å². The van der Waals surface area contributed by atoms with E-state index < -0.39 is 0 Å². The Balaban J connectivity index is 3.22. The average Bonchev–Trinajstić information content (AvgIpc) is 2.22. The van der Waals surface area contributed by atoms with Crippen molar-refractivity contribution in [2.45, 2.75) is 32.7 Å². The van der Waals surface area contributed by atoms with Gasteiger partial charge in [-0.1, -0.05) is 0 Å². The first-order chi connectivity index (χ1) is 7.07. The van der Waals surface area contributed by atoms with E-state index in [4.69, 9.17) is 0 Å². The van der Waals surface area contributed by atoms with E-state index in [2.05, 4.69) is 35.8 Å². The van der Waals surface area contributed by atoms with Crippen molar-refractivity contribution in [1.29, 1.82) is 0 Å². The topological polar surface area (TPSA) is 41.6 Å². The zero-order valence-corrected chi connectivity index (χ0v) is 10.4. The largest absolute Gasteiger partial charge is 0.469 e. The summed E-state index contributed by atoms with van der Waals surface area (Å²) >= 11 is 0. The highest BCUT2D eigenvalue weighted by atomic mass is 16.5. The van der Waals surface area contributed by atoms with Crippen LogP contribution in [0.2, 0.25) is 0 Å². The van der Waals surface area contributed by atoms with E-state index in [-0.39, 0.29) is 5.97 Å². The van der Waals surface area contributed by atoms with Gasteiger partial charge < -0.3 is 15.0 Å². The standard InChI is InChI=1S/C11H24N2O2/c1-10(2)13(3)9-8-12-7-5-6-11(14)15-4/h10,12H,5-9H2,1-4H3. The van der Waals surface area contributed by atoms with Gasteiger partial charge in [0.2, 0.25) is 0 Å². The summed E-state index contributed by atoms with van der Waals surface area (Å²) in [6, 6.07) is 0.585. The molecule has 0 radical (unpaired) electrons. The molecule has 0 aromatic carbocycles. The summed E-state index contributed by atoms with van der Waals surface area (Å²) < 4.78 is 4.55. The molecule has 0 saturated heterocycles. The summed E-state index contributed by atoms with van der Waals surface area (Å²) in [4.78, 5) is 13.1. The number of methoxy groups -OCH3 is 1. The lowest BCUT2D eigenvalue weighted by molar-refractivity contribution is -0.140. The number of esters is 1. The van der Waals surface area contributed by atoms with Crippen molar-refractivity contribution in [2.75, 3.05) is 33.8 Å². The van der Waals surface area contributed by atoms with E-state index in [9.17, 15) is 4.79 Å². The maximum atomic E-state index is 10.8.